The van der Waals surface area contributed by atoms with Crippen LogP contribution < -0.4 is 0 Å². The minimum atomic E-state index is 0.212. The molecule has 2 heterocycles. The molecule has 1 aromatic carbocycles. The van der Waals surface area contributed by atoms with E-state index >= 15 is 0 Å². The predicted octanol–water partition coefficient (Wildman–Crippen LogP) is 4.08. The molecule has 0 aliphatic carbocycles. The number of hydrogen-bond donors (Lipinski definition) is 0. The van der Waals surface area contributed by atoms with Gasteiger partial charge in [-0.2, -0.15) is 0 Å². The molecule has 3 rings (SSSR count). The molecule has 0 radical (unpaired) electrons. The summed E-state index contributed by atoms with van der Waals surface area (Å²) >= 11 is 5.96. The summed E-state index contributed by atoms with van der Waals surface area (Å²) in [5.74, 6) is 0.770. The minimum Gasteiger partial charge on any atom is -0.345 e. The molecule has 5 heteroatoms. The maximum Gasteiger partial charge on any atom is 0.222 e. The van der Waals surface area contributed by atoms with Crippen molar-refractivity contribution in [3.8, 4) is 0 Å². The lowest BCUT2D eigenvalue weighted by Crippen LogP contribution is -2.42. The van der Waals surface area contributed by atoms with Crippen molar-refractivity contribution in [1.29, 1.82) is 0 Å². The molecule has 28 heavy (non-hydrogen) atoms. The maximum absolute atomic E-state index is 12.5. The molecule has 1 aliphatic rings. The second-order valence-corrected chi connectivity index (χ2v) is 8.22. The van der Waals surface area contributed by atoms with Crippen LogP contribution in [-0.4, -0.2) is 53.9 Å². The quantitative estimate of drug-likeness (QED) is 0.671. The summed E-state index contributed by atoms with van der Waals surface area (Å²) in [5.41, 5.74) is 2.31. The van der Waals surface area contributed by atoms with E-state index in [1.165, 1.54) is 18.4 Å². The van der Waals surface area contributed by atoms with Gasteiger partial charge in [0.1, 0.15) is 0 Å². The number of pyridine rings is 1. The Kier molecular flexibility index (Phi) is 7.87. The average Bonchev–Trinajstić information content (AvgIpc) is 2.72. The summed E-state index contributed by atoms with van der Waals surface area (Å²) in [7, 11) is 1.94. The maximum atomic E-state index is 12.5. The third-order valence-electron chi connectivity index (χ3n) is 5.51. The van der Waals surface area contributed by atoms with Crippen LogP contribution in [0.2, 0.25) is 5.02 Å². The summed E-state index contributed by atoms with van der Waals surface area (Å²) < 4.78 is 0. The first kappa shape index (κ1) is 20.8. The summed E-state index contributed by atoms with van der Waals surface area (Å²) in [6.45, 7) is 4.14. The van der Waals surface area contributed by atoms with Crippen LogP contribution in [0.4, 0.5) is 0 Å². The molecule has 1 unspecified atom stereocenters. The fraction of sp³-hybridized carbons (Fsp3) is 0.478. The van der Waals surface area contributed by atoms with Gasteiger partial charge in [-0.3, -0.25) is 9.78 Å². The van der Waals surface area contributed by atoms with Crippen molar-refractivity contribution < 1.29 is 4.79 Å². The second kappa shape index (κ2) is 10.6. The van der Waals surface area contributed by atoms with Gasteiger partial charge in [-0.05, 0) is 68.0 Å². The van der Waals surface area contributed by atoms with E-state index in [2.05, 4.69) is 22.0 Å². The Balaban J connectivity index is 1.40. The van der Waals surface area contributed by atoms with Gasteiger partial charge in [-0.1, -0.05) is 29.8 Å². The van der Waals surface area contributed by atoms with Gasteiger partial charge in [-0.25, -0.2) is 0 Å². The predicted molar refractivity (Wildman–Crippen MR) is 115 cm³/mol. The number of hydrogen-bond acceptors (Lipinski definition) is 3. The Hall–Kier alpha value is -1.91. The monoisotopic (exact) mass is 399 g/mol. The molecule has 0 N–H and O–H groups in total. The van der Waals surface area contributed by atoms with Gasteiger partial charge < -0.3 is 9.80 Å². The highest BCUT2D eigenvalue weighted by Crippen LogP contribution is 2.19. The SMILES string of the molecule is CN(CC1CCCN(CCc2ccc(Cl)cc2)C1)C(=O)CCc1ccccn1. The summed E-state index contributed by atoms with van der Waals surface area (Å²) in [5, 5.41) is 0.789. The molecular weight excluding hydrogens is 370 g/mol. The van der Waals surface area contributed by atoms with Gasteiger partial charge in [0.25, 0.3) is 0 Å². The standard InChI is InChI=1S/C23H30ClN3O/c1-26(23(28)12-11-22-6-2-3-14-25-22)17-20-5-4-15-27(18-20)16-13-19-7-9-21(24)10-8-19/h2-3,6-10,14,20H,4-5,11-13,15-18H2,1H3. The molecule has 0 saturated carbocycles. The van der Waals surface area contributed by atoms with Crippen molar-refractivity contribution >= 4 is 17.5 Å². The van der Waals surface area contributed by atoms with E-state index in [0.29, 0.717) is 18.8 Å². The minimum absolute atomic E-state index is 0.212. The van der Waals surface area contributed by atoms with Crippen molar-refractivity contribution in [1.82, 2.24) is 14.8 Å². The highest BCUT2D eigenvalue weighted by Gasteiger charge is 2.22. The van der Waals surface area contributed by atoms with Crippen LogP contribution in [0.3, 0.4) is 0 Å². The number of nitrogens with zero attached hydrogens (tertiary/aromatic N) is 3. The zero-order valence-electron chi connectivity index (χ0n) is 16.7. The first-order valence-electron chi connectivity index (χ1n) is 10.2. The Labute approximate surface area is 173 Å². The lowest BCUT2D eigenvalue weighted by molar-refractivity contribution is -0.130. The number of amides is 1. The molecular formula is C23H30ClN3O. The van der Waals surface area contributed by atoms with E-state index in [-0.39, 0.29) is 5.91 Å². The van der Waals surface area contributed by atoms with E-state index in [1.807, 2.05) is 42.3 Å². The lowest BCUT2D eigenvalue weighted by atomic mass is 9.97. The fourth-order valence-electron chi connectivity index (χ4n) is 3.90. The number of likely N-dealkylation sites (tertiary alicyclic amines) is 1. The third kappa shape index (κ3) is 6.61. The largest absolute Gasteiger partial charge is 0.345 e. The van der Waals surface area contributed by atoms with E-state index in [0.717, 1.165) is 43.3 Å². The molecule has 150 valence electrons. The highest BCUT2D eigenvalue weighted by atomic mass is 35.5. The van der Waals surface area contributed by atoms with Gasteiger partial charge in [0.15, 0.2) is 0 Å². The number of rotatable bonds is 8. The molecule has 0 bridgehead atoms. The van der Waals surface area contributed by atoms with E-state index in [4.69, 9.17) is 11.6 Å². The van der Waals surface area contributed by atoms with E-state index < -0.39 is 0 Å². The second-order valence-electron chi connectivity index (χ2n) is 7.78. The smallest absolute Gasteiger partial charge is 0.222 e. The molecule has 1 saturated heterocycles. The zero-order valence-corrected chi connectivity index (χ0v) is 17.4. The molecule has 0 spiro atoms. The summed E-state index contributed by atoms with van der Waals surface area (Å²) in [6, 6.07) is 14.0. The summed E-state index contributed by atoms with van der Waals surface area (Å²) in [6.07, 6.45) is 6.48. The van der Waals surface area contributed by atoms with Gasteiger partial charge in [0.05, 0.1) is 0 Å². The first-order valence-corrected chi connectivity index (χ1v) is 10.6. The zero-order chi connectivity index (χ0) is 19.8. The van der Waals surface area contributed by atoms with Crippen molar-refractivity contribution in [2.45, 2.75) is 32.1 Å². The van der Waals surface area contributed by atoms with Crippen molar-refractivity contribution in [2.24, 2.45) is 5.92 Å². The van der Waals surface area contributed by atoms with Gasteiger partial charge in [-0.15, -0.1) is 0 Å². The topological polar surface area (TPSA) is 36.4 Å². The lowest BCUT2D eigenvalue weighted by Gasteiger charge is -2.34. The Morgan fingerprint density at radius 3 is 2.79 bits per heavy atom. The third-order valence-corrected chi connectivity index (χ3v) is 5.76. The van der Waals surface area contributed by atoms with Crippen LogP contribution in [-0.2, 0) is 17.6 Å². The van der Waals surface area contributed by atoms with Gasteiger partial charge >= 0.3 is 0 Å². The number of carbonyl (C=O) groups is 1. The van der Waals surface area contributed by atoms with E-state index in [1.54, 1.807) is 6.20 Å². The number of carbonyl (C=O) groups excluding carboxylic acids is 1. The molecule has 1 atom stereocenters. The molecule has 1 aromatic heterocycles. The van der Waals surface area contributed by atoms with E-state index in [9.17, 15) is 4.79 Å². The van der Waals surface area contributed by atoms with Gasteiger partial charge in [0, 0.05) is 50.0 Å². The number of benzene rings is 1. The molecule has 1 fully saturated rings. The van der Waals surface area contributed by atoms with Crippen LogP contribution in [0.25, 0.3) is 0 Å². The number of aryl methyl sites for hydroxylation is 1. The van der Waals surface area contributed by atoms with Crippen LogP contribution in [0.15, 0.2) is 48.7 Å². The molecule has 2 aromatic rings. The van der Waals surface area contributed by atoms with Crippen LogP contribution in [0, 0.1) is 5.92 Å². The summed E-state index contributed by atoms with van der Waals surface area (Å²) in [4.78, 5) is 21.2. The van der Waals surface area contributed by atoms with Crippen molar-refractivity contribution in [3.63, 3.8) is 0 Å². The normalized spacial score (nSPS) is 17.4. The molecule has 1 aliphatic heterocycles. The first-order chi connectivity index (χ1) is 13.6. The number of aromatic nitrogens is 1. The Morgan fingerprint density at radius 2 is 2.04 bits per heavy atom. The van der Waals surface area contributed by atoms with Crippen molar-refractivity contribution in [3.05, 3.63) is 64.9 Å². The Bertz CT molecular complexity index is 735. The van der Waals surface area contributed by atoms with Crippen molar-refractivity contribution in [2.75, 3.05) is 33.2 Å². The average molecular weight is 400 g/mol. The highest BCUT2D eigenvalue weighted by molar-refractivity contribution is 6.30. The number of piperidine rings is 1. The molecule has 4 nitrogen and oxygen atoms in total. The fourth-order valence-corrected chi connectivity index (χ4v) is 4.03. The van der Waals surface area contributed by atoms with Crippen LogP contribution in [0.1, 0.15) is 30.5 Å². The van der Waals surface area contributed by atoms with Gasteiger partial charge in [0.2, 0.25) is 5.91 Å². The number of halogens is 1. The Morgan fingerprint density at radius 1 is 1.21 bits per heavy atom. The van der Waals surface area contributed by atoms with Crippen LogP contribution >= 0.6 is 11.6 Å². The molecule has 1 amide bonds. The van der Waals surface area contributed by atoms with Crippen LogP contribution in [0.5, 0.6) is 0 Å².